The van der Waals surface area contributed by atoms with E-state index in [0.29, 0.717) is 18.3 Å². The molecule has 0 saturated carbocycles. The van der Waals surface area contributed by atoms with Crippen LogP contribution in [0.2, 0.25) is 0 Å². The molecular weight excluding hydrogens is 248 g/mol. The van der Waals surface area contributed by atoms with Crippen molar-refractivity contribution in [2.75, 3.05) is 18.1 Å². The number of hydrogen-bond donors (Lipinski definition) is 2. The van der Waals surface area contributed by atoms with Crippen molar-refractivity contribution in [2.24, 2.45) is 5.92 Å². The van der Waals surface area contributed by atoms with Gasteiger partial charge in [-0.2, -0.15) is 0 Å². The molecule has 100 valence electrons. The maximum absolute atomic E-state index is 11.8. The van der Waals surface area contributed by atoms with E-state index in [-0.39, 0.29) is 11.9 Å². The van der Waals surface area contributed by atoms with E-state index < -0.39 is 0 Å². The third-order valence-electron chi connectivity index (χ3n) is 2.29. The molecule has 0 aromatic carbocycles. The maximum Gasteiger partial charge on any atom is 0.242 e. The van der Waals surface area contributed by atoms with Gasteiger partial charge in [0.25, 0.3) is 0 Å². The number of anilines is 1. The highest BCUT2D eigenvalue weighted by molar-refractivity contribution is 7.98. The van der Waals surface area contributed by atoms with Crippen molar-refractivity contribution in [3.8, 4) is 0 Å². The summed E-state index contributed by atoms with van der Waals surface area (Å²) in [6.45, 7) is 6.63. The van der Waals surface area contributed by atoms with Crippen LogP contribution >= 0.6 is 11.8 Å². The number of thioether (sulfide) groups is 1. The monoisotopic (exact) mass is 268 g/mol. The SMILES string of the molecule is CSc1cc(NC(C)C(=O)NCC(C)C)ncn1. The molecule has 1 unspecified atom stereocenters. The molecule has 0 radical (unpaired) electrons. The average Bonchev–Trinajstić information content (AvgIpc) is 2.36. The van der Waals surface area contributed by atoms with Gasteiger partial charge < -0.3 is 10.6 Å². The van der Waals surface area contributed by atoms with Gasteiger partial charge in [-0.15, -0.1) is 11.8 Å². The molecule has 18 heavy (non-hydrogen) atoms. The molecule has 1 amide bonds. The Kier molecular flexibility index (Phi) is 5.91. The minimum absolute atomic E-state index is 0.0204. The lowest BCUT2D eigenvalue weighted by Crippen LogP contribution is -2.39. The molecule has 0 aliphatic carbocycles. The molecular formula is C12H20N4OS. The number of aromatic nitrogens is 2. The number of rotatable bonds is 6. The van der Waals surface area contributed by atoms with Crippen LogP contribution in [0.5, 0.6) is 0 Å². The van der Waals surface area contributed by atoms with E-state index >= 15 is 0 Å². The smallest absolute Gasteiger partial charge is 0.242 e. The molecule has 5 nitrogen and oxygen atoms in total. The molecule has 1 aromatic rings. The summed E-state index contributed by atoms with van der Waals surface area (Å²) in [6.07, 6.45) is 3.44. The maximum atomic E-state index is 11.8. The normalized spacial score (nSPS) is 12.3. The van der Waals surface area contributed by atoms with Crippen molar-refractivity contribution in [1.29, 1.82) is 0 Å². The van der Waals surface area contributed by atoms with Gasteiger partial charge in [-0.3, -0.25) is 4.79 Å². The first kappa shape index (κ1) is 14.8. The zero-order valence-corrected chi connectivity index (χ0v) is 12.0. The molecule has 0 saturated heterocycles. The summed E-state index contributed by atoms with van der Waals surface area (Å²) in [5.74, 6) is 1.10. The van der Waals surface area contributed by atoms with E-state index in [2.05, 4.69) is 34.4 Å². The van der Waals surface area contributed by atoms with Crippen LogP contribution in [-0.4, -0.2) is 34.7 Å². The van der Waals surface area contributed by atoms with Gasteiger partial charge >= 0.3 is 0 Å². The summed E-state index contributed by atoms with van der Waals surface area (Å²) in [7, 11) is 0. The van der Waals surface area contributed by atoms with Gasteiger partial charge in [0.05, 0.1) is 0 Å². The fraction of sp³-hybridized carbons (Fsp3) is 0.583. The lowest BCUT2D eigenvalue weighted by atomic mass is 10.2. The van der Waals surface area contributed by atoms with Crippen molar-refractivity contribution in [1.82, 2.24) is 15.3 Å². The van der Waals surface area contributed by atoms with Crippen LogP contribution in [0, 0.1) is 5.92 Å². The van der Waals surface area contributed by atoms with Gasteiger partial charge in [-0.05, 0) is 19.1 Å². The average molecular weight is 268 g/mol. The Hall–Kier alpha value is -1.30. The molecule has 0 spiro atoms. The van der Waals surface area contributed by atoms with Crippen molar-refractivity contribution in [2.45, 2.75) is 31.8 Å². The lowest BCUT2D eigenvalue weighted by molar-refractivity contribution is -0.121. The Bertz CT molecular complexity index is 397. The number of carbonyl (C=O) groups is 1. The molecule has 1 rings (SSSR count). The minimum Gasteiger partial charge on any atom is -0.358 e. The summed E-state index contributed by atoms with van der Waals surface area (Å²) in [5.41, 5.74) is 0. The van der Waals surface area contributed by atoms with E-state index in [4.69, 9.17) is 0 Å². The Morgan fingerprint density at radius 1 is 1.39 bits per heavy atom. The van der Waals surface area contributed by atoms with Gasteiger partial charge in [-0.25, -0.2) is 9.97 Å². The quantitative estimate of drug-likeness (QED) is 0.608. The van der Waals surface area contributed by atoms with Crippen LogP contribution in [0.25, 0.3) is 0 Å². The van der Waals surface area contributed by atoms with E-state index in [0.717, 1.165) is 5.03 Å². The molecule has 6 heteroatoms. The first-order valence-corrected chi connectivity index (χ1v) is 7.15. The van der Waals surface area contributed by atoms with Crippen molar-refractivity contribution < 1.29 is 4.79 Å². The first-order chi connectivity index (χ1) is 8.52. The van der Waals surface area contributed by atoms with Gasteiger partial charge in [0.2, 0.25) is 5.91 Å². The van der Waals surface area contributed by atoms with Crippen molar-refractivity contribution >= 4 is 23.5 Å². The van der Waals surface area contributed by atoms with Crippen LogP contribution < -0.4 is 10.6 Å². The van der Waals surface area contributed by atoms with Crippen LogP contribution in [0.3, 0.4) is 0 Å². The molecule has 0 bridgehead atoms. The fourth-order valence-corrected chi connectivity index (χ4v) is 1.66. The molecule has 0 aliphatic heterocycles. The Balaban J connectivity index is 2.52. The molecule has 0 aliphatic rings. The minimum atomic E-state index is -0.312. The summed E-state index contributed by atoms with van der Waals surface area (Å²) in [6, 6.07) is 1.52. The topological polar surface area (TPSA) is 66.9 Å². The predicted octanol–water partition coefficient (Wildman–Crippen LogP) is 1.77. The van der Waals surface area contributed by atoms with E-state index in [1.165, 1.54) is 6.33 Å². The Labute approximate surface area is 112 Å². The third kappa shape index (κ3) is 4.91. The number of amides is 1. The second-order valence-electron chi connectivity index (χ2n) is 4.45. The second-order valence-corrected chi connectivity index (χ2v) is 5.28. The highest BCUT2D eigenvalue weighted by atomic mass is 32.2. The van der Waals surface area contributed by atoms with Gasteiger partial charge in [0, 0.05) is 12.6 Å². The number of carbonyl (C=O) groups excluding carboxylic acids is 1. The largest absolute Gasteiger partial charge is 0.358 e. The van der Waals surface area contributed by atoms with Crippen molar-refractivity contribution in [3.63, 3.8) is 0 Å². The van der Waals surface area contributed by atoms with Crippen LogP contribution in [0.15, 0.2) is 17.4 Å². The highest BCUT2D eigenvalue weighted by Gasteiger charge is 2.13. The summed E-state index contributed by atoms with van der Waals surface area (Å²) in [5, 5.41) is 6.82. The zero-order valence-electron chi connectivity index (χ0n) is 11.2. The van der Waals surface area contributed by atoms with Gasteiger partial charge in [0.15, 0.2) is 0 Å². The molecule has 0 fully saturated rings. The molecule has 1 aromatic heterocycles. The summed E-state index contributed by atoms with van der Waals surface area (Å²) in [4.78, 5) is 20.0. The number of nitrogens with one attached hydrogen (secondary N) is 2. The molecule has 1 heterocycles. The lowest BCUT2D eigenvalue weighted by Gasteiger charge is -2.15. The van der Waals surface area contributed by atoms with Crippen LogP contribution in [0.4, 0.5) is 5.82 Å². The van der Waals surface area contributed by atoms with Crippen molar-refractivity contribution in [3.05, 3.63) is 12.4 Å². The van der Waals surface area contributed by atoms with Crippen LogP contribution in [0.1, 0.15) is 20.8 Å². The Morgan fingerprint density at radius 3 is 2.72 bits per heavy atom. The molecule has 1 atom stereocenters. The zero-order chi connectivity index (χ0) is 13.5. The van der Waals surface area contributed by atoms with E-state index in [1.54, 1.807) is 11.8 Å². The first-order valence-electron chi connectivity index (χ1n) is 5.93. The fourth-order valence-electron chi connectivity index (χ4n) is 1.28. The number of nitrogens with zero attached hydrogens (tertiary/aromatic N) is 2. The third-order valence-corrected chi connectivity index (χ3v) is 2.93. The molecule has 2 N–H and O–H groups in total. The van der Waals surface area contributed by atoms with Crippen LogP contribution in [-0.2, 0) is 4.79 Å². The number of hydrogen-bond acceptors (Lipinski definition) is 5. The standard InChI is InChI=1S/C12H20N4OS/c1-8(2)6-13-12(17)9(3)16-10-5-11(18-4)15-7-14-10/h5,7-9H,6H2,1-4H3,(H,13,17)(H,14,15,16). The second kappa shape index (κ2) is 7.20. The van der Waals surface area contributed by atoms with E-state index in [9.17, 15) is 4.79 Å². The highest BCUT2D eigenvalue weighted by Crippen LogP contribution is 2.14. The van der Waals surface area contributed by atoms with E-state index in [1.807, 2.05) is 19.2 Å². The Morgan fingerprint density at radius 2 is 2.11 bits per heavy atom. The van der Waals surface area contributed by atoms with Gasteiger partial charge in [0.1, 0.15) is 23.2 Å². The summed E-state index contributed by atoms with van der Waals surface area (Å²) >= 11 is 1.54. The van der Waals surface area contributed by atoms with Gasteiger partial charge in [-0.1, -0.05) is 13.8 Å². The summed E-state index contributed by atoms with van der Waals surface area (Å²) < 4.78 is 0. The predicted molar refractivity (Wildman–Crippen MR) is 74.7 cm³/mol.